The van der Waals surface area contributed by atoms with Crippen LogP contribution in [0, 0.1) is 0 Å². The highest BCUT2D eigenvalue weighted by Gasteiger charge is 2.10. The Hall–Kier alpha value is -3.69. The van der Waals surface area contributed by atoms with Gasteiger partial charge in [-0.05, 0) is 79.3 Å². The van der Waals surface area contributed by atoms with Gasteiger partial charge in [-0.25, -0.2) is 15.0 Å². The fourth-order valence-corrected chi connectivity index (χ4v) is 4.05. The van der Waals surface area contributed by atoms with Gasteiger partial charge >= 0.3 is 0 Å². The molecule has 0 bridgehead atoms. The minimum absolute atomic E-state index is 0.148. The third kappa shape index (κ3) is 7.74. The van der Waals surface area contributed by atoms with Crippen LogP contribution in [-0.4, -0.2) is 39.9 Å². The van der Waals surface area contributed by atoms with Crippen LogP contribution in [0.15, 0.2) is 70.4 Å². The molecule has 0 fully saturated rings. The van der Waals surface area contributed by atoms with Crippen molar-refractivity contribution < 1.29 is 0 Å². The second kappa shape index (κ2) is 13.8. The van der Waals surface area contributed by atoms with Crippen LogP contribution in [0.1, 0.15) is 0 Å². The van der Waals surface area contributed by atoms with E-state index in [1.807, 2.05) is 12.1 Å². The molecule has 0 aliphatic carbocycles. The molecule has 0 amide bonds. The van der Waals surface area contributed by atoms with E-state index in [1.165, 1.54) is 6.20 Å². The van der Waals surface area contributed by atoms with Crippen molar-refractivity contribution in [3.05, 3.63) is 86.1 Å². The number of anilines is 5. The SMILES string of the molecule is Clc1ncc(Br)c(Cl)n1.Nc1c(Nc2nc(Cl)ncc2Br)ccc2nccnc12.Nc1ccc2nccnc2c1N. The lowest BCUT2D eigenvalue weighted by Crippen LogP contribution is -2.01. The Labute approximate surface area is 264 Å². The van der Waals surface area contributed by atoms with E-state index >= 15 is 0 Å². The second-order valence-electron chi connectivity index (χ2n) is 7.68. The molecule has 0 aliphatic heterocycles. The van der Waals surface area contributed by atoms with Crippen LogP contribution < -0.4 is 22.5 Å². The van der Waals surface area contributed by atoms with Crippen LogP contribution in [0.2, 0.25) is 15.7 Å². The van der Waals surface area contributed by atoms with Gasteiger partial charge in [0.05, 0.1) is 42.7 Å². The summed E-state index contributed by atoms with van der Waals surface area (Å²) < 4.78 is 1.33. The average molecular weight is 740 g/mol. The van der Waals surface area contributed by atoms with Gasteiger partial charge < -0.3 is 22.5 Å². The standard InChI is InChI=1S/C12H8BrClN6.C8H8N4.C4HBrCl2N2/c13-6-5-18-12(14)20-11(6)19-7-1-2-8-10(9(7)15)17-4-3-16-8;9-5-1-2-6-8(7(5)10)12-4-3-11-6;5-2-1-8-4(7)9-3(2)6/h1-5H,15H2,(H,18,19,20);1-4H,9-10H2;1H. The monoisotopic (exact) mass is 736 g/mol. The Morgan fingerprint density at radius 2 is 1.15 bits per heavy atom. The molecule has 6 rings (SSSR count). The lowest BCUT2D eigenvalue weighted by Gasteiger charge is -2.11. The number of benzene rings is 2. The van der Waals surface area contributed by atoms with E-state index in [4.69, 9.17) is 52.0 Å². The van der Waals surface area contributed by atoms with Crippen molar-refractivity contribution in [2.75, 3.05) is 22.5 Å². The first-order valence-corrected chi connectivity index (χ1v) is 13.9. The first-order chi connectivity index (χ1) is 19.6. The molecular formula is C24H17Br2Cl3N12. The van der Waals surface area contributed by atoms with Crippen molar-refractivity contribution in [1.29, 1.82) is 0 Å². The van der Waals surface area contributed by atoms with Crippen LogP contribution in [0.3, 0.4) is 0 Å². The van der Waals surface area contributed by atoms with Gasteiger partial charge in [-0.2, -0.15) is 4.98 Å². The van der Waals surface area contributed by atoms with Gasteiger partial charge in [0, 0.05) is 37.2 Å². The number of nitrogens with one attached hydrogen (secondary N) is 1. The summed E-state index contributed by atoms with van der Waals surface area (Å²) in [6.45, 7) is 0. The molecule has 208 valence electrons. The molecule has 0 saturated heterocycles. The first kappa shape index (κ1) is 30.3. The minimum atomic E-state index is 0.148. The molecule has 0 spiro atoms. The number of nitrogens with two attached hydrogens (primary N) is 3. The van der Waals surface area contributed by atoms with Crippen LogP contribution in [-0.2, 0) is 0 Å². The summed E-state index contributed by atoms with van der Waals surface area (Å²) >= 11 is 23.2. The zero-order chi connectivity index (χ0) is 29.5. The molecule has 0 saturated carbocycles. The normalized spacial score (nSPS) is 10.4. The van der Waals surface area contributed by atoms with Crippen molar-refractivity contribution in [1.82, 2.24) is 39.9 Å². The molecule has 4 aromatic heterocycles. The molecule has 17 heteroatoms. The number of hydrogen-bond donors (Lipinski definition) is 4. The number of nitrogen functional groups attached to an aromatic ring is 3. The summed E-state index contributed by atoms with van der Waals surface area (Å²) in [6.07, 6.45) is 9.50. The van der Waals surface area contributed by atoms with E-state index in [9.17, 15) is 0 Å². The van der Waals surface area contributed by atoms with Gasteiger partial charge in [-0.15, -0.1) is 0 Å². The molecule has 0 unspecified atom stereocenters. The molecule has 12 nitrogen and oxygen atoms in total. The fourth-order valence-electron chi connectivity index (χ4n) is 3.13. The number of halogens is 5. The summed E-state index contributed by atoms with van der Waals surface area (Å²) in [5, 5.41) is 3.73. The minimum Gasteiger partial charge on any atom is -0.397 e. The number of fused-ring (bicyclic) bond motifs is 2. The fraction of sp³-hybridized carbons (Fsp3) is 0. The highest BCUT2D eigenvalue weighted by atomic mass is 79.9. The molecule has 0 radical (unpaired) electrons. The maximum atomic E-state index is 6.10. The van der Waals surface area contributed by atoms with E-state index in [1.54, 1.807) is 43.1 Å². The summed E-state index contributed by atoms with van der Waals surface area (Å²) in [7, 11) is 0. The Morgan fingerprint density at radius 3 is 1.76 bits per heavy atom. The van der Waals surface area contributed by atoms with E-state index in [-0.39, 0.29) is 10.6 Å². The van der Waals surface area contributed by atoms with Crippen molar-refractivity contribution in [3.8, 4) is 0 Å². The molecule has 41 heavy (non-hydrogen) atoms. The number of nitrogens with zero attached hydrogens (tertiary/aromatic N) is 8. The van der Waals surface area contributed by atoms with Gasteiger partial charge in [0.15, 0.2) is 0 Å². The van der Waals surface area contributed by atoms with Crippen molar-refractivity contribution in [2.24, 2.45) is 0 Å². The zero-order valence-electron chi connectivity index (χ0n) is 20.5. The predicted octanol–water partition coefficient (Wildman–Crippen LogP) is 6.50. The summed E-state index contributed by atoms with van der Waals surface area (Å²) in [6, 6.07) is 7.17. The average Bonchev–Trinajstić information content (AvgIpc) is 2.97. The summed E-state index contributed by atoms with van der Waals surface area (Å²) in [5.74, 6) is 0.528. The topological polar surface area (TPSA) is 193 Å². The first-order valence-electron chi connectivity index (χ1n) is 11.2. The van der Waals surface area contributed by atoms with Crippen LogP contribution >= 0.6 is 66.7 Å². The van der Waals surface area contributed by atoms with Gasteiger partial charge in [0.25, 0.3) is 0 Å². The Morgan fingerprint density at radius 1 is 0.610 bits per heavy atom. The lowest BCUT2D eigenvalue weighted by molar-refractivity contribution is 1.15. The molecular weight excluding hydrogens is 723 g/mol. The number of hydrogen-bond acceptors (Lipinski definition) is 12. The lowest BCUT2D eigenvalue weighted by atomic mass is 10.2. The molecule has 6 aromatic rings. The van der Waals surface area contributed by atoms with Crippen molar-refractivity contribution in [3.63, 3.8) is 0 Å². The Balaban J connectivity index is 0.000000156. The van der Waals surface area contributed by atoms with Gasteiger partial charge in [-0.1, -0.05) is 11.6 Å². The second-order valence-corrected chi connectivity index (χ2v) is 10.4. The Bertz CT molecular complexity index is 1840. The quantitative estimate of drug-likeness (QED) is 0.0857. The van der Waals surface area contributed by atoms with E-state index in [0.29, 0.717) is 53.7 Å². The van der Waals surface area contributed by atoms with Gasteiger partial charge in [-0.3, -0.25) is 19.9 Å². The van der Waals surface area contributed by atoms with E-state index in [0.717, 1.165) is 11.0 Å². The zero-order valence-corrected chi connectivity index (χ0v) is 25.9. The number of rotatable bonds is 2. The van der Waals surface area contributed by atoms with Crippen molar-refractivity contribution in [2.45, 2.75) is 0 Å². The van der Waals surface area contributed by atoms with Gasteiger partial charge in [0.1, 0.15) is 22.0 Å². The summed E-state index contributed by atoms with van der Waals surface area (Å²) in [4.78, 5) is 31.8. The highest BCUT2D eigenvalue weighted by Crippen LogP contribution is 2.31. The van der Waals surface area contributed by atoms with Crippen LogP contribution in [0.25, 0.3) is 22.1 Å². The molecule has 4 heterocycles. The number of aromatic nitrogens is 8. The van der Waals surface area contributed by atoms with E-state index in [2.05, 4.69) is 77.0 Å². The van der Waals surface area contributed by atoms with E-state index < -0.39 is 0 Å². The van der Waals surface area contributed by atoms with Crippen molar-refractivity contribution >= 4 is 117 Å². The summed E-state index contributed by atoms with van der Waals surface area (Å²) in [5.41, 5.74) is 22.4. The predicted molar refractivity (Wildman–Crippen MR) is 170 cm³/mol. The van der Waals surface area contributed by atoms with Gasteiger partial charge in [0.2, 0.25) is 10.6 Å². The Kier molecular flexibility index (Phi) is 10.2. The molecule has 0 atom stereocenters. The van der Waals surface area contributed by atoms with Crippen LogP contribution in [0.5, 0.6) is 0 Å². The highest BCUT2D eigenvalue weighted by molar-refractivity contribution is 9.11. The maximum absolute atomic E-state index is 6.10. The van der Waals surface area contributed by atoms with Crippen LogP contribution in [0.4, 0.5) is 28.6 Å². The largest absolute Gasteiger partial charge is 0.397 e. The molecule has 7 N–H and O–H groups in total. The smallest absolute Gasteiger partial charge is 0.224 e. The third-order valence-electron chi connectivity index (χ3n) is 5.03. The maximum Gasteiger partial charge on any atom is 0.224 e. The third-order valence-corrected chi connectivity index (χ3v) is 7.07. The molecule has 2 aromatic carbocycles. The molecule has 0 aliphatic rings.